The summed E-state index contributed by atoms with van der Waals surface area (Å²) in [7, 11) is 1.64. The van der Waals surface area contributed by atoms with Crippen molar-refractivity contribution in [1.82, 2.24) is 15.3 Å². The molecule has 1 unspecified atom stereocenters. The van der Waals surface area contributed by atoms with E-state index in [4.69, 9.17) is 5.73 Å². The number of rotatable bonds is 13. The van der Waals surface area contributed by atoms with Crippen LogP contribution in [0.2, 0.25) is 0 Å². The minimum atomic E-state index is -1.15. The summed E-state index contributed by atoms with van der Waals surface area (Å²) in [6, 6.07) is 20.4. The molecule has 42 heavy (non-hydrogen) atoms. The van der Waals surface area contributed by atoms with E-state index in [1.165, 1.54) is 17.4 Å². The molecule has 4 N–H and O–H groups in total. The molecular weight excluding hydrogens is 530 g/mol. The molecule has 0 aliphatic carbocycles. The zero-order chi connectivity index (χ0) is 30.2. The fourth-order valence-corrected chi connectivity index (χ4v) is 5.05. The third-order valence-corrected chi connectivity index (χ3v) is 7.27. The molecule has 0 aliphatic rings. The molecule has 0 saturated carbocycles. The number of carbonyl (C=O) groups is 4. The first kappa shape index (κ1) is 30.3. The number of H-pyrrole nitrogens is 1. The van der Waals surface area contributed by atoms with Crippen molar-refractivity contribution in [3.63, 3.8) is 0 Å². The molecule has 0 fully saturated rings. The van der Waals surface area contributed by atoms with Gasteiger partial charge in [0.1, 0.15) is 5.92 Å². The van der Waals surface area contributed by atoms with Crippen molar-refractivity contribution in [1.29, 1.82) is 0 Å². The van der Waals surface area contributed by atoms with Gasteiger partial charge in [0, 0.05) is 30.7 Å². The highest BCUT2D eigenvalue weighted by molar-refractivity contribution is 6.41. The molecule has 1 heterocycles. The van der Waals surface area contributed by atoms with E-state index in [0.717, 1.165) is 16.3 Å². The van der Waals surface area contributed by atoms with E-state index in [2.05, 4.69) is 15.3 Å². The Bertz CT molecular complexity index is 1530. The average molecular weight is 568 g/mol. The number of aromatic amines is 1. The summed E-state index contributed by atoms with van der Waals surface area (Å²) in [6.07, 6.45) is 3.46. The molecule has 0 bridgehead atoms. The SMILES string of the molecule is CC(C)C[C@H](NC(=O)C(Cc1ccccc1)C(=O)N(C)c1cccc2ccccc12)C(=O)C(=O)[C@@H](N)Cc1cnc[nH]1. The van der Waals surface area contributed by atoms with E-state index in [-0.39, 0.29) is 25.2 Å². The number of Topliss-reactive ketones (excluding diaryl/α,β-unsaturated/α-hetero) is 2. The number of aromatic nitrogens is 2. The van der Waals surface area contributed by atoms with Gasteiger partial charge in [0.2, 0.25) is 23.4 Å². The lowest BCUT2D eigenvalue weighted by atomic mass is 9.92. The van der Waals surface area contributed by atoms with E-state index in [1.54, 1.807) is 7.05 Å². The molecule has 3 aromatic carbocycles. The van der Waals surface area contributed by atoms with Gasteiger partial charge in [-0.3, -0.25) is 19.2 Å². The van der Waals surface area contributed by atoms with Crippen LogP contribution >= 0.6 is 0 Å². The number of nitrogens with two attached hydrogens (primary N) is 1. The number of benzene rings is 3. The topological polar surface area (TPSA) is 138 Å². The number of amides is 2. The quantitative estimate of drug-likeness (QED) is 0.167. The Hall–Kier alpha value is -4.63. The highest BCUT2D eigenvalue weighted by Gasteiger charge is 2.36. The first-order valence-corrected chi connectivity index (χ1v) is 14.1. The van der Waals surface area contributed by atoms with Gasteiger partial charge in [-0.05, 0) is 35.8 Å². The Morgan fingerprint density at radius 2 is 1.60 bits per heavy atom. The third-order valence-electron chi connectivity index (χ3n) is 7.27. The fraction of sp³-hybridized carbons (Fsp3) is 0.303. The smallest absolute Gasteiger partial charge is 0.239 e. The standard InChI is InChI=1S/C33H37N5O4/c1-21(2)16-28(31(40)30(39)27(34)18-24-19-35-20-36-24)37-32(41)26(17-22-10-5-4-6-11-22)33(42)38(3)29-15-9-13-23-12-7-8-14-25(23)29/h4-15,19-21,26-28H,16-18,34H2,1-3H3,(H,35,36)(H,37,41)/t26?,27-,28-/m0/s1. The number of nitrogens with one attached hydrogen (secondary N) is 2. The van der Waals surface area contributed by atoms with Gasteiger partial charge in [0.05, 0.1) is 24.1 Å². The summed E-state index contributed by atoms with van der Waals surface area (Å²) < 4.78 is 0. The maximum absolute atomic E-state index is 14.0. The molecule has 9 nitrogen and oxygen atoms in total. The highest BCUT2D eigenvalue weighted by atomic mass is 16.2. The minimum absolute atomic E-state index is 0.0162. The van der Waals surface area contributed by atoms with Crippen LogP contribution < -0.4 is 16.0 Å². The Morgan fingerprint density at radius 3 is 2.29 bits per heavy atom. The molecule has 0 spiro atoms. The van der Waals surface area contributed by atoms with Gasteiger partial charge in [-0.15, -0.1) is 0 Å². The van der Waals surface area contributed by atoms with Crippen LogP contribution in [0.5, 0.6) is 0 Å². The van der Waals surface area contributed by atoms with E-state index >= 15 is 0 Å². The minimum Gasteiger partial charge on any atom is -0.348 e. The molecule has 0 radical (unpaired) electrons. The summed E-state index contributed by atoms with van der Waals surface area (Å²) in [4.78, 5) is 62.6. The Labute approximate surface area is 245 Å². The normalized spacial score (nSPS) is 13.4. The maximum atomic E-state index is 14.0. The largest absolute Gasteiger partial charge is 0.348 e. The van der Waals surface area contributed by atoms with Crippen LogP contribution in [0.1, 0.15) is 31.5 Å². The van der Waals surface area contributed by atoms with Crippen LogP contribution in [0.15, 0.2) is 85.3 Å². The number of hydrogen-bond acceptors (Lipinski definition) is 6. The summed E-state index contributed by atoms with van der Waals surface area (Å²) in [5, 5.41) is 4.59. The molecule has 4 aromatic rings. The van der Waals surface area contributed by atoms with Gasteiger partial charge in [0.15, 0.2) is 0 Å². The molecule has 0 aliphatic heterocycles. The zero-order valence-electron chi connectivity index (χ0n) is 24.1. The van der Waals surface area contributed by atoms with Crippen LogP contribution in [0, 0.1) is 11.8 Å². The number of anilines is 1. The highest BCUT2D eigenvalue weighted by Crippen LogP contribution is 2.27. The predicted molar refractivity (Wildman–Crippen MR) is 163 cm³/mol. The van der Waals surface area contributed by atoms with Gasteiger partial charge in [-0.25, -0.2) is 4.98 Å². The second-order valence-corrected chi connectivity index (χ2v) is 10.9. The summed E-state index contributed by atoms with van der Waals surface area (Å²) in [5.74, 6) is -3.77. The summed E-state index contributed by atoms with van der Waals surface area (Å²) in [6.45, 7) is 3.78. The number of fused-ring (bicyclic) bond motifs is 1. The Kier molecular flexibility index (Phi) is 9.98. The van der Waals surface area contributed by atoms with Crippen molar-refractivity contribution in [2.75, 3.05) is 11.9 Å². The van der Waals surface area contributed by atoms with E-state index in [9.17, 15) is 19.2 Å². The lowest BCUT2D eigenvalue weighted by molar-refractivity contribution is -0.141. The van der Waals surface area contributed by atoms with E-state index in [1.807, 2.05) is 86.6 Å². The van der Waals surface area contributed by atoms with Crippen molar-refractivity contribution in [3.8, 4) is 0 Å². The van der Waals surface area contributed by atoms with Crippen LogP contribution in [0.4, 0.5) is 5.69 Å². The fourth-order valence-electron chi connectivity index (χ4n) is 5.05. The van der Waals surface area contributed by atoms with Gasteiger partial charge in [-0.1, -0.05) is 80.6 Å². The second-order valence-electron chi connectivity index (χ2n) is 10.9. The van der Waals surface area contributed by atoms with Crippen LogP contribution in [0.25, 0.3) is 10.8 Å². The zero-order valence-corrected chi connectivity index (χ0v) is 24.1. The first-order chi connectivity index (χ1) is 20.2. The molecule has 9 heteroatoms. The van der Waals surface area contributed by atoms with Gasteiger partial charge >= 0.3 is 0 Å². The van der Waals surface area contributed by atoms with Crippen LogP contribution in [-0.4, -0.2) is 52.5 Å². The second kappa shape index (κ2) is 13.8. The number of ketones is 2. The lowest BCUT2D eigenvalue weighted by Crippen LogP contribution is -2.53. The van der Waals surface area contributed by atoms with Crippen LogP contribution in [0.3, 0.4) is 0 Å². The molecule has 4 rings (SSSR count). The van der Waals surface area contributed by atoms with Gasteiger partial charge in [0.25, 0.3) is 0 Å². The van der Waals surface area contributed by atoms with E-state index in [0.29, 0.717) is 11.4 Å². The molecule has 218 valence electrons. The van der Waals surface area contributed by atoms with E-state index < -0.39 is 41.4 Å². The van der Waals surface area contributed by atoms with Crippen molar-refractivity contribution in [2.24, 2.45) is 17.6 Å². The van der Waals surface area contributed by atoms with Crippen molar-refractivity contribution in [2.45, 2.75) is 45.2 Å². The molecular formula is C33H37N5O4. The number of carbonyl (C=O) groups excluding carboxylic acids is 4. The molecule has 0 saturated heterocycles. The van der Waals surface area contributed by atoms with Crippen molar-refractivity contribution < 1.29 is 19.2 Å². The average Bonchev–Trinajstić information content (AvgIpc) is 3.51. The first-order valence-electron chi connectivity index (χ1n) is 14.1. The Morgan fingerprint density at radius 1 is 0.905 bits per heavy atom. The predicted octanol–water partition coefficient (Wildman–Crippen LogP) is 3.62. The summed E-state index contributed by atoms with van der Waals surface area (Å²) >= 11 is 0. The third kappa shape index (κ3) is 7.36. The van der Waals surface area contributed by atoms with Crippen molar-refractivity contribution >= 4 is 39.8 Å². The van der Waals surface area contributed by atoms with Gasteiger partial charge < -0.3 is 20.9 Å². The number of imidazole rings is 1. The monoisotopic (exact) mass is 567 g/mol. The van der Waals surface area contributed by atoms with Crippen molar-refractivity contribution in [3.05, 3.63) is 96.6 Å². The van der Waals surface area contributed by atoms with Crippen LogP contribution in [-0.2, 0) is 32.0 Å². The molecule has 1 aromatic heterocycles. The molecule has 3 atom stereocenters. The lowest BCUT2D eigenvalue weighted by Gasteiger charge is -2.27. The van der Waals surface area contributed by atoms with Gasteiger partial charge in [-0.2, -0.15) is 0 Å². The Balaban J connectivity index is 1.60. The molecule has 2 amide bonds. The maximum Gasteiger partial charge on any atom is 0.239 e. The number of hydrogen-bond donors (Lipinski definition) is 3. The summed E-state index contributed by atoms with van der Waals surface area (Å²) in [5.41, 5.74) is 8.16. The number of nitrogens with zero attached hydrogens (tertiary/aromatic N) is 2.